The van der Waals surface area contributed by atoms with E-state index >= 15 is 0 Å². The summed E-state index contributed by atoms with van der Waals surface area (Å²) < 4.78 is 46.9. The number of halogens is 3. The molecule has 0 aromatic carbocycles. The molecule has 2 heterocycles. The van der Waals surface area contributed by atoms with E-state index in [1.807, 2.05) is 24.3 Å². The van der Waals surface area contributed by atoms with Crippen LogP contribution in [0.3, 0.4) is 0 Å². The van der Waals surface area contributed by atoms with E-state index in [0.29, 0.717) is 6.42 Å². The smallest absolute Gasteiger partial charge is 0.410 e. The normalized spacial score (nSPS) is 22.3. The van der Waals surface area contributed by atoms with Crippen LogP contribution in [0.25, 0.3) is 0 Å². The fourth-order valence-corrected chi connectivity index (χ4v) is 3.27. The Kier molecular flexibility index (Phi) is 4.93. The molecular weight excluding hydrogens is 347 g/mol. The lowest BCUT2D eigenvalue weighted by Gasteiger charge is -2.34. The summed E-state index contributed by atoms with van der Waals surface area (Å²) in [6.07, 6.45) is 5.06. The molecule has 0 bridgehead atoms. The summed E-state index contributed by atoms with van der Waals surface area (Å²) in [5, 5.41) is 7.08. The maximum atomic E-state index is 13.7. The summed E-state index contributed by atoms with van der Waals surface area (Å²) in [7, 11) is 0. The second-order valence-corrected chi connectivity index (χ2v) is 6.22. The molecule has 0 spiro atoms. The molecule has 0 fully saturated rings. The number of nitrogens with one attached hydrogen (secondary N) is 1. The fourth-order valence-electron chi connectivity index (χ4n) is 3.27. The van der Waals surface area contributed by atoms with Crippen LogP contribution in [-0.2, 0) is 4.74 Å². The average Bonchev–Trinajstić information content (AvgIpc) is 2.74. The van der Waals surface area contributed by atoms with Crippen molar-refractivity contribution in [2.24, 2.45) is 0 Å². The zero-order chi connectivity index (χ0) is 18.9. The largest absolute Gasteiger partial charge is 0.462 e. The average molecular weight is 367 g/mol. The van der Waals surface area contributed by atoms with Crippen molar-refractivity contribution in [1.82, 2.24) is 9.78 Å². The van der Waals surface area contributed by atoms with Crippen molar-refractivity contribution in [1.29, 1.82) is 0 Å². The van der Waals surface area contributed by atoms with Crippen molar-refractivity contribution in [2.45, 2.75) is 44.9 Å². The van der Waals surface area contributed by atoms with Gasteiger partial charge >= 0.3 is 12.1 Å². The molecule has 1 aromatic heterocycles. The molecule has 0 saturated carbocycles. The number of carbonyl (C=O) groups excluding carboxylic acids is 1. The molecule has 1 aliphatic carbocycles. The van der Waals surface area contributed by atoms with E-state index in [0.717, 1.165) is 10.3 Å². The number of hydrogen-bond acceptors (Lipinski definition) is 4. The first kappa shape index (κ1) is 18.3. The maximum Gasteiger partial charge on any atom is 0.410 e. The number of fused-ring (bicyclic) bond motifs is 1. The van der Waals surface area contributed by atoms with E-state index in [2.05, 4.69) is 10.4 Å². The summed E-state index contributed by atoms with van der Waals surface area (Å²) in [6.45, 7) is 3.29. The number of rotatable bonds is 3. The van der Waals surface area contributed by atoms with E-state index in [1.54, 1.807) is 13.0 Å². The molecule has 8 heteroatoms. The van der Waals surface area contributed by atoms with Crippen LogP contribution in [0, 0.1) is 6.92 Å². The van der Waals surface area contributed by atoms with Gasteiger partial charge in [0.2, 0.25) is 0 Å². The quantitative estimate of drug-likeness (QED) is 0.818. The Morgan fingerprint density at radius 3 is 2.85 bits per heavy atom. The van der Waals surface area contributed by atoms with Gasteiger partial charge in [0.25, 0.3) is 0 Å². The second-order valence-electron chi connectivity index (χ2n) is 6.22. The van der Waals surface area contributed by atoms with Crippen LogP contribution in [0.4, 0.5) is 19.0 Å². The molecule has 0 saturated heterocycles. The number of aromatic nitrogens is 2. The molecule has 140 valence electrons. The molecule has 26 heavy (non-hydrogen) atoms. The van der Waals surface area contributed by atoms with Crippen LogP contribution in [0.2, 0.25) is 0 Å². The van der Waals surface area contributed by atoms with E-state index in [4.69, 9.17) is 4.74 Å². The third-order valence-electron chi connectivity index (χ3n) is 4.48. The van der Waals surface area contributed by atoms with Gasteiger partial charge in [-0.3, -0.25) is 0 Å². The van der Waals surface area contributed by atoms with Gasteiger partial charge in [-0.2, -0.15) is 18.3 Å². The van der Waals surface area contributed by atoms with Gasteiger partial charge in [0.15, 0.2) is 6.04 Å². The molecule has 0 radical (unpaired) electrons. The predicted molar refractivity (Wildman–Crippen MR) is 91.0 cm³/mol. The summed E-state index contributed by atoms with van der Waals surface area (Å²) in [6, 6.07) is -2.35. The molecule has 5 nitrogen and oxygen atoms in total. The van der Waals surface area contributed by atoms with Crippen molar-refractivity contribution in [3.63, 3.8) is 0 Å². The number of carbonyl (C=O) groups is 1. The Hall–Kier alpha value is -2.51. The van der Waals surface area contributed by atoms with E-state index < -0.39 is 24.2 Å². The van der Waals surface area contributed by atoms with Gasteiger partial charge in [0.1, 0.15) is 11.4 Å². The second kappa shape index (κ2) is 7.01. The highest BCUT2D eigenvalue weighted by atomic mass is 19.4. The van der Waals surface area contributed by atoms with Crippen LogP contribution in [0.1, 0.15) is 41.9 Å². The summed E-state index contributed by atoms with van der Waals surface area (Å²) in [5.74, 6) is -0.604. The fraction of sp³-hybridized carbons (Fsp3) is 0.444. The van der Waals surface area contributed by atoms with Crippen LogP contribution >= 0.6 is 0 Å². The lowest BCUT2D eigenvalue weighted by molar-refractivity contribution is -0.173. The summed E-state index contributed by atoms with van der Waals surface area (Å²) in [4.78, 5) is 12.3. The van der Waals surface area contributed by atoms with Gasteiger partial charge in [-0.25, -0.2) is 9.48 Å². The Bertz CT molecular complexity index is 790. The van der Waals surface area contributed by atoms with Crippen LogP contribution < -0.4 is 5.32 Å². The number of aryl methyl sites for hydroxylation is 1. The van der Waals surface area contributed by atoms with Crippen molar-refractivity contribution in [3.05, 3.63) is 47.2 Å². The van der Waals surface area contributed by atoms with Gasteiger partial charge in [-0.05, 0) is 25.8 Å². The third kappa shape index (κ3) is 3.40. The Labute approximate surface area is 149 Å². The van der Waals surface area contributed by atoms with Crippen molar-refractivity contribution >= 4 is 11.8 Å². The summed E-state index contributed by atoms with van der Waals surface area (Å²) >= 11 is 0. The van der Waals surface area contributed by atoms with Gasteiger partial charge < -0.3 is 10.1 Å². The highest BCUT2D eigenvalue weighted by Gasteiger charge is 2.48. The van der Waals surface area contributed by atoms with E-state index in [1.165, 1.54) is 6.92 Å². The summed E-state index contributed by atoms with van der Waals surface area (Å²) in [5.41, 5.74) is 1.10. The molecule has 0 amide bonds. The zero-order valence-electron chi connectivity index (χ0n) is 14.5. The zero-order valence-corrected chi connectivity index (χ0v) is 14.5. The molecule has 1 N–H and O–H groups in total. The van der Waals surface area contributed by atoms with E-state index in [9.17, 15) is 18.0 Å². The van der Waals surface area contributed by atoms with Crippen molar-refractivity contribution < 1.29 is 22.7 Å². The van der Waals surface area contributed by atoms with Gasteiger partial charge in [-0.15, -0.1) is 0 Å². The third-order valence-corrected chi connectivity index (χ3v) is 4.48. The highest BCUT2D eigenvalue weighted by molar-refractivity contribution is 5.96. The standard InChI is InChI=1S/C18H20F3N3O2/c1-3-26-17(25)15-11(2)23-24-14(18(19,20)21)10-13(22-16(15)24)12-8-6-4-5-7-9-12/h4-8,13-14,22H,3,9-10H2,1-2H3. The van der Waals surface area contributed by atoms with Gasteiger partial charge in [0, 0.05) is 6.42 Å². The lowest BCUT2D eigenvalue weighted by Crippen LogP contribution is -2.40. The topological polar surface area (TPSA) is 56.1 Å². The van der Waals surface area contributed by atoms with Crippen LogP contribution in [0.15, 0.2) is 36.0 Å². The first-order chi connectivity index (χ1) is 12.3. The van der Waals surface area contributed by atoms with Gasteiger partial charge in [-0.1, -0.05) is 30.4 Å². The van der Waals surface area contributed by atoms with Crippen molar-refractivity contribution in [2.75, 3.05) is 11.9 Å². The minimum Gasteiger partial charge on any atom is -0.462 e. The molecule has 2 atom stereocenters. The first-order valence-corrected chi connectivity index (χ1v) is 8.44. The number of allylic oxidation sites excluding steroid dienone is 5. The minimum atomic E-state index is -4.48. The number of hydrogen-bond donors (Lipinski definition) is 1. The number of ether oxygens (including phenoxy) is 1. The molecular formula is C18H20F3N3O2. The van der Waals surface area contributed by atoms with E-state index in [-0.39, 0.29) is 30.1 Å². The number of esters is 1. The van der Waals surface area contributed by atoms with Crippen molar-refractivity contribution in [3.8, 4) is 0 Å². The Morgan fingerprint density at radius 1 is 1.38 bits per heavy atom. The molecule has 1 aromatic rings. The van der Waals surface area contributed by atoms with Gasteiger partial charge in [0.05, 0.1) is 18.3 Å². The van der Waals surface area contributed by atoms with Crippen LogP contribution in [0.5, 0.6) is 0 Å². The highest BCUT2D eigenvalue weighted by Crippen LogP contribution is 2.42. The van der Waals surface area contributed by atoms with Crippen LogP contribution in [-0.4, -0.2) is 34.6 Å². The lowest BCUT2D eigenvalue weighted by atomic mass is 9.94. The SMILES string of the molecule is CCOC(=O)c1c(C)nn2c1NC(C1=CC=CC=CC1)CC2C(F)(F)F. The maximum absolute atomic E-state index is 13.7. The first-order valence-electron chi connectivity index (χ1n) is 8.44. The minimum absolute atomic E-state index is 0.0612. The molecule has 1 aliphatic heterocycles. The number of anilines is 1. The molecule has 3 rings (SSSR count). The monoisotopic (exact) mass is 367 g/mol. The predicted octanol–water partition coefficient (Wildman–Crippen LogP) is 4.10. The Morgan fingerprint density at radius 2 is 2.15 bits per heavy atom. The molecule has 2 unspecified atom stereocenters. The number of alkyl halides is 3. The number of nitrogens with zero attached hydrogens (tertiary/aromatic N) is 2. The molecule has 2 aliphatic rings. The Balaban J connectivity index is 2.05.